The van der Waals surface area contributed by atoms with Crippen molar-refractivity contribution < 1.29 is 32.5 Å². The Morgan fingerprint density at radius 3 is 2.73 bits per heavy atom. The first-order valence-electron chi connectivity index (χ1n) is 6.93. The zero-order valence-electron chi connectivity index (χ0n) is 12.0. The third kappa shape index (κ3) is 3.44. The third-order valence-electron chi connectivity index (χ3n) is 3.73. The molecule has 0 aromatic rings. The monoisotopic (exact) mass is 321 g/mol. The van der Waals surface area contributed by atoms with E-state index in [4.69, 9.17) is 14.6 Å². The Morgan fingerprint density at radius 1 is 1.36 bits per heavy atom. The number of alkyl halides is 2. The Balaban J connectivity index is 2.19. The van der Waals surface area contributed by atoms with Gasteiger partial charge in [-0.25, -0.2) is 18.0 Å². The second-order valence-electron chi connectivity index (χ2n) is 5.21. The van der Waals surface area contributed by atoms with Crippen LogP contribution in [-0.2, 0) is 14.3 Å². The van der Waals surface area contributed by atoms with Crippen LogP contribution in [0.15, 0.2) is 23.7 Å². The van der Waals surface area contributed by atoms with Crippen LogP contribution in [-0.4, -0.2) is 55.9 Å². The molecule has 0 bridgehead atoms. The van der Waals surface area contributed by atoms with Crippen molar-refractivity contribution >= 4 is 5.97 Å². The zero-order chi connectivity index (χ0) is 16.3. The topological polar surface area (TPSA) is 67.8 Å². The molecule has 5 atom stereocenters. The molecule has 0 fully saturated rings. The molecule has 2 N–H and O–H groups in total. The van der Waals surface area contributed by atoms with Crippen molar-refractivity contribution in [1.82, 2.24) is 5.32 Å². The minimum Gasteiger partial charge on any atom is -0.477 e. The highest BCUT2D eigenvalue weighted by Gasteiger charge is 2.48. The number of hydrogen-bond donors (Lipinski definition) is 2. The van der Waals surface area contributed by atoms with Gasteiger partial charge in [0.25, 0.3) is 0 Å². The molecule has 22 heavy (non-hydrogen) atoms. The van der Waals surface area contributed by atoms with E-state index < -0.39 is 42.2 Å². The summed E-state index contributed by atoms with van der Waals surface area (Å²) in [7, 11) is 1.52. The second-order valence-corrected chi connectivity index (χ2v) is 5.21. The SMILES string of the molecule is COCCCOC1C=C(C(=O)O)NC2C=C(F)C(F)C(F)C21. The Labute approximate surface area is 125 Å². The molecular formula is C14H18F3NO4. The van der Waals surface area contributed by atoms with Gasteiger partial charge in [-0.15, -0.1) is 0 Å². The van der Waals surface area contributed by atoms with Crippen molar-refractivity contribution in [2.45, 2.75) is 30.9 Å². The van der Waals surface area contributed by atoms with E-state index in [2.05, 4.69) is 5.32 Å². The Kier molecular flexibility index (Phi) is 5.47. The lowest BCUT2D eigenvalue weighted by Crippen LogP contribution is -2.55. The summed E-state index contributed by atoms with van der Waals surface area (Å²) in [6.07, 6.45) is -2.81. The van der Waals surface area contributed by atoms with E-state index in [0.717, 1.165) is 6.08 Å². The molecule has 124 valence electrons. The molecule has 0 radical (unpaired) electrons. The number of aliphatic carboxylic acids is 1. The molecule has 0 aromatic carbocycles. The molecule has 0 saturated carbocycles. The smallest absolute Gasteiger partial charge is 0.351 e. The lowest BCUT2D eigenvalue weighted by molar-refractivity contribution is -0.133. The summed E-state index contributed by atoms with van der Waals surface area (Å²) in [4.78, 5) is 11.1. The van der Waals surface area contributed by atoms with Crippen LogP contribution in [0.1, 0.15) is 6.42 Å². The highest BCUT2D eigenvalue weighted by atomic mass is 19.2. The van der Waals surface area contributed by atoms with Gasteiger partial charge in [0.1, 0.15) is 17.7 Å². The maximum atomic E-state index is 14.1. The summed E-state index contributed by atoms with van der Waals surface area (Å²) in [6, 6.07) is -0.967. The van der Waals surface area contributed by atoms with Gasteiger partial charge in [-0.05, 0) is 18.6 Å². The Bertz CT molecular complexity index is 483. The molecule has 2 rings (SSSR count). The van der Waals surface area contributed by atoms with Gasteiger partial charge in [-0.2, -0.15) is 0 Å². The predicted molar refractivity (Wildman–Crippen MR) is 71.3 cm³/mol. The second kappa shape index (κ2) is 7.15. The van der Waals surface area contributed by atoms with Gasteiger partial charge in [-0.1, -0.05) is 0 Å². The minimum atomic E-state index is -2.35. The van der Waals surface area contributed by atoms with Gasteiger partial charge < -0.3 is 19.9 Å². The van der Waals surface area contributed by atoms with Gasteiger partial charge in [0.15, 0.2) is 6.17 Å². The van der Waals surface area contributed by atoms with Gasteiger partial charge in [-0.3, -0.25) is 0 Å². The van der Waals surface area contributed by atoms with E-state index in [9.17, 15) is 18.0 Å². The van der Waals surface area contributed by atoms with Gasteiger partial charge >= 0.3 is 5.97 Å². The van der Waals surface area contributed by atoms with Crippen molar-refractivity contribution in [3.8, 4) is 0 Å². The molecule has 5 unspecified atom stereocenters. The van der Waals surface area contributed by atoms with E-state index in [1.54, 1.807) is 0 Å². The zero-order valence-corrected chi connectivity index (χ0v) is 12.0. The largest absolute Gasteiger partial charge is 0.477 e. The van der Waals surface area contributed by atoms with E-state index >= 15 is 0 Å². The normalized spacial score (nSPS) is 34.3. The average molecular weight is 321 g/mol. The number of halogens is 3. The molecular weight excluding hydrogens is 303 g/mol. The lowest BCUT2D eigenvalue weighted by Gasteiger charge is -2.40. The number of allylic oxidation sites excluding steroid dienone is 1. The highest BCUT2D eigenvalue weighted by Crippen LogP contribution is 2.36. The number of carboxylic acids is 1. The molecule has 1 heterocycles. The maximum Gasteiger partial charge on any atom is 0.351 e. The van der Waals surface area contributed by atoms with Crippen LogP contribution in [0.2, 0.25) is 0 Å². The molecule has 0 spiro atoms. The standard InChI is InChI=1S/C14H18F3NO4/c1-21-3-2-4-22-10-6-9(14(19)20)18-8-5-7(15)12(16)13(17)11(8)10/h5-6,8,10-13,18H,2-4H2,1H3,(H,19,20). The summed E-state index contributed by atoms with van der Waals surface area (Å²) >= 11 is 0. The summed E-state index contributed by atoms with van der Waals surface area (Å²) in [5.41, 5.74) is -0.216. The number of carbonyl (C=O) groups is 1. The van der Waals surface area contributed by atoms with Crippen LogP contribution in [0, 0.1) is 5.92 Å². The number of methoxy groups -OCH3 is 1. The first-order valence-corrected chi connectivity index (χ1v) is 6.93. The summed E-state index contributed by atoms with van der Waals surface area (Å²) in [5.74, 6) is -3.53. The van der Waals surface area contributed by atoms with Crippen LogP contribution < -0.4 is 5.32 Å². The number of rotatable bonds is 6. The molecule has 0 saturated heterocycles. The van der Waals surface area contributed by atoms with Crippen molar-refractivity contribution in [1.29, 1.82) is 0 Å². The summed E-state index contributed by atoms with van der Waals surface area (Å²) in [6.45, 7) is 0.620. The molecule has 2 aliphatic rings. The van der Waals surface area contributed by atoms with E-state index in [-0.39, 0.29) is 12.3 Å². The number of nitrogens with one attached hydrogen (secondary N) is 1. The van der Waals surface area contributed by atoms with Crippen molar-refractivity contribution in [3.63, 3.8) is 0 Å². The first-order chi connectivity index (χ1) is 10.5. The number of hydrogen-bond acceptors (Lipinski definition) is 4. The van der Waals surface area contributed by atoms with Crippen LogP contribution in [0.3, 0.4) is 0 Å². The van der Waals surface area contributed by atoms with Gasteiger partial charge in [0.05, 0.1) is 12.1 Å². The van der Waals surface area contributed by atoms with Crippen LogP contribution in [0.4, 0.5) is 13.2 Å². The fraction of sp³-hybridized carbons (Fsp3) is 0.643. The Hall–Kier alpha value is -1.54. The number of ether oxygens (including phenoxy) is 2. The summed E-state index contributed by atoms with van der Waals surface area (Å²) in [5, 5.41) is 11.6. The first kappa shape index (κ1) is 16.8. The van der Waals surface area contributed by atoms with E-state index in [1.807, 2.05) is 0 Å². The van der Waals surface area contributed by atoms with Gasteiger partial charge in [0.2, 0.25) is 0 Å². The third-order valence-corrected chi connectivity index (χ3v) is 3.73. The minimum absolute atomic E-state index is 0.195. The van der Waals surface area contributed by atoms with Crippen molar-refractivity contribution in [2.75, 3.05) is 20.3 Å². The van der Waals surface area contributed by atoms with Gasteiger partial charge in [0, 0.05) is 26.2 Å². The molecule has 1 aliphatic carbocycles. The maximum absolute atomic E-state index is 14.1. The fourth-order valence-electron chi connectivity index (χ4n) is 2.66. The average Bonchev–Trinajstić information content (AvgIpc) is 2.48. The predicted octanol–water partition coefficient (Wildman–Crippen LogP) is 1.51. The fourth-order valence-corrected chi connectivity index (χ4v) is 2.66. The molecule has 5 nitrogen and oxygen atoms in total. The summed E-state index contributed by atoms with van der Waals surface area (Å²) < 4.78 is 51.4. The number of carboxylic acid groups (broad SMARTS) is 1. The van der Waals surface area contributed by atoms with Crippen LogP contribution >= 0.6 is 0 Å². The molecule has 8 heteroatoms. The number of fused-ring (bicyclic) bond motifs is 1. The van der Waals surface area contributed by atoms with Crippen LogP contribution in [0.5, 0.6) is 0 Å². The lowest BCUT2D eigenvalue weighted by atomic mass is 9.79. The van der Waals surface area contributed by atoms with Crippen LogP contribution in [0.25, 0.3) is 0 Å². The Morgan fingerprint density at radius 2 is 2.09 bits per heavy atom. The highest BCUT2D eigenvalue weighted by molar-refractivity contribution is 5.86. The van der Waals surface area contributed by atoms with Crippen molar-refractivity contribution in [3.05, 3.63) is 23.7 Å². The van der Waals surface area contributed by atoms with E-state index in [0.29, 0.717) is 13.0 Å². The van der Waals surface area contributed by atoms with E-state index in [1.165, 1.54) is 13.2 Å². The molecule has 1 aliphatic heterocycles. The molecule has 0 amide bonds. The quantitative estimate of drug-likeness (QED) is 0.726. The molecule has 0 aromatic heterocycles. The van der Waals surface area contributed by atoms with Crippen molar-refractivity contribution in [2.24, 2.45) is 5.92 Å².